The minimum atomic E-state index is -0.804. The summed E-state index contributed by atoms with van der Waals surface area (Å²) in [5.41, 5.74) is 2.86. The normalized spacial score (nSPS) is 14.7. The van der Waals surface area contributed by atoms with Gasteiger partial charge in [-0.05, 0) is 42.7 Å². The van der Waals surface area contributed by atoms with E-state index in [2.05, 4.69) is 22.0 Å². The highest BCUT2D eigenvalue weighted by molar-refractivity contribution is 9.10. The average Bonchev–Trinajstić information content (AvgIpc) is 2.60. The number of hydrogen-bond donors (Lipinski definition) is 0. The molecule has 0 saturated carbocycles. The molecule has 1 atom stereocenters. The lowest BCUT2D eigenvalue weighted by molar-refractivity contribution is -0.140. The number of amides is 1. The fraction of sp³-hybridized carbons (Fsp3) is 0.263. The highest BCUT2D eigenvalue weighted by Gasteiger charge is 2.27. The van der Waals surface area contributed by atoms with Crippen LogP contribution >= 0.6 is 15.9 Å². The maximum atomic E-state index is 12.6. The third kappa shape index (κ3) is 3.67. The largest absolute Gasteiger partial charge is 0.449 e. The first-order valence-corrected chi connectivity index (χ1v) is 8.66. The van der Waals surface area contributed by atoms with Gasteiger partial charge < -0.3 is 9.64 Å². The third-order valence-electron chi connectivity index (χ3n) is 4.13. The summed E-state index contributed by atoms with van der Waals surface area (Å²) in [6, 6.07) is 15.0. The molecule has 0 fully saturated rings. The van der Waals surface area contributed by atoms with Crippen LogP contribution in [0.4, 0.5) is 0 Å². The van der Waals surface area contributed by atoms with Crippen molar-refractivity contribution in [3.8, 4) is 0 Å². The second-order valence-corrected chi connectivity index (χ2v) is 6.75. The van der Waals surface area contributed by atoms with Crippen molar-refractivity contribution in [2.24, 2.45) is 0 Å². The van der Waals surface area contributed by atoms with Crippen LogP contribution in [0.15, 0.2) is 53.0 Å². The number of esters is 1. The molecule has 0 aromatic heterocycles. The minimum absolute atomic E-state index is 0.159. The van der Waals surface area contributed by atoms with Crippen molar-refractivity contribution >= 4 is 27.8 Å². The van der Waals surface area contributed by atoms with Crippen LogP contribution < -0.4 is 0 Å². The summed E-state index contributed by atoms with van der Waals surface area (Å²) in [4.78, 5) is 26.5. The van der Waals surface area contributed by atoms with Crippen LogP contribution in [-0.2, 0) is 22.5 Å². The highest BCUT2D eigenvalue weighted by atomic mass is 79.9. The number of carbonyl (C=O) groups is 2. The SMILES string of the molecule is C[C@H](OC(=O)c1cccc(Br)c1)C(=O)N1CCc2ccccc2C1. The van der Waals surface area contributed by atoms with E-state index in [1.807, 2.05) is 24.3 Å². The molecule has 1 aliphatic rings. The van der Waals surface area contributed by atoms with Crippen LogP contribution in [0.5, 0.6) is 0 Å². The van der Waals surface area contributed by atoms with Crippen molar-refractivity contribution in [3.63, 3.8) is 0 Å². The molecule has 0 N–H and O–H groups in total. The van der Waals surface area contributed by atoms with E-state index in [0.717, 1.165) is 16.5 Å². The Morgan fingerprint density at radius 1 is 1.12 bits per heavy atom. The Bertz CT molecular complexity index is 775. The van der Waals surface area contributed by atoms with E-state index in [9.17, 15) is 9.59 Å². The zero-order chi connectivity index (χ0) is 17.1. The number of halogens is 1. The van der Waals surface area contributed by atoms with E-state index in [4.69, 9.17) is 4.74 Å². The predicted molar refractivity (Wildman–Crippen MR) is 94.6 cm³/mol. The van der Waals surface area contributed by atoms with Crippen molar-refractivity contribution in [2.45, 2.75) is 26.0 Å². The number of hydrogen-bond acceptors (Lipinski definition) is 3. The van der Waals surface area contributed by atoms with Gasteiger partial charge in [0.2, 0.25) is 0 Å². The Labute approximate surface area is 149 Å². The molecule has 3 rings (SSSR count). The molecule has 0 radical (unpaired) electrons. The van der Waals surface area contributed by atoms with Crippen LogP contribution in [0.25, 0.3) is 0 Å². The summed E-state index contributed by atoms with van der Waals surface area (Å²) in [5, 5.41) is 0. The summed E-state index contributed by atoms with van der Waals surface area (Å²) < 4.78 is 6.14. The number of nitrogens with zero attached hydrogens (tertiary/aromatic N) is 1. The summed E-state index contributed by atoms with van der Waals surface area (Å²) in [6.07, 6.45) is 0.0237. The molecule has 1 amide bonds. The van der Waals surface area contributed by atoms with E-state index in [-0.39, 0.29) is 5.91 Å². The topological polar surface area (TPSA) is 46.6 Å². The molecule has 0 aliphatic carbocycles. The first-order valence-electron chi connectivity index (χ1n) is 7.86. The van der Waals surface area contributed by atoms with Gasteiger partial charge in [-0.15, -0.1) is 0 Å². The fourth-order valence-corrected chi connectivity index (χ4v) is 3.23. The second-order valence-electron chi connectivity index (χ2n) is 5.84. The summed E-state index contributed by atoms with van der Waals surface area (Å²) in [5.74, 6) is -0.651. The summed E-state index contributed by atoms with van der Waals surface area (Å²) in [7, 11) is 0. The molecule has 0 saturated heterocycles. The van der Waals surface area contributed by atoms with Gasteiger partial charge in [-0.25, -0.2) is 4.79 Å². The molecule has 0 spiro atoms. The van der Waals surface area contributed by atoms with Gasteiger partial charge in [0.1, 0.15) is 0 Å². The second kappa shape index (κ2) is 7.18. The molecule has 5 heteroatoms. The van der Waals surface area contributed by atoms with Gasteiger partial charge in [-0.3, -0.25) is 4.79 Å². The molecular weight excluding hydrogens is 370 g/mol. The van der Waals surface area contributed by atoms with Crippen LogP contribution in [0.3, 0.4) is 0 Å². The number of benzene rings is 2. The lowest BCUT2D eigenvalue weighted by Gasteiger charge is -2.30. The number of fused-ring (bicyclic) bond motifs is 1. The molecular formula is C19H18BrNO3. The van der Waals surface area contributed by atoms with Gasteiger partial charge in [-0.2, -0.15) is 0 Å². The average molecular weight is 388 g/mol. The van der Waals surface area contributed by atoms with E-state index in [1.165, 1.54) is 5.56 Å². The molecule has 0 unspecified atom stereocenters. The summed E-state index contributed by atoms with van der Waals surface area (Å²) in [6.45, 7) is 2.83. The zero-order valence-electron chi connectivity index (χ0n) is 13.4. The zero-order valence-corrected chi connectivity index (χ0v) is 15.0. The van der Waals surface area contributed by atoms with Crippen molar-refractivity contribution in [2.75, 3.05) is 6.54 Å². The molecule has 1 heterocycles. The van der Waals surface area contributed by atoms with Gasteiger partial charge in [0.15, 0.2) is 6.10 Å². The van der Waals surface area contributed by atoms with Crippen molar-refractivity contribution in [1.29, 1.82) is 0 Å². The van der Waals surface area contributed by atoms with Gasteiger partial charge in [0.25, 0.3) is 5.91 Å². The van der Waals surface area contributed by atoms with E-state index in [1.54, 1.807) is 30.0 Å². The molecule has 2 aromatic carbocycles. The molecule has 0 bridgehead atoms. The quantitative estimate of drug-likeness (QED) is 0.756. The summed E-state index contributed by atoms with van der Waals surface area (Å²) >= 11 is 3.32. The fourth-order valence-electron chi connectivity index (χ4n) is 2.84. The predicted octanol–water partition coefficient (Wildman–Crippen LogP) is 3.58. The molecule has 2 aromatic rings. The van der Waals surface area contributed by atoms with Gasteiger partial charge >= 0.3 is 5.97 Å². The standard InChI is InChI=1S/C19H18BrNO3/c1-13(24-19(23)15-7-4-8-17(20)11-15)18(22)21-10-9-14-5-2-3-6-16(14)12-21/h2-8,11,13H,9-10,12H2,1H3/t13-/m0/s1. The lowest BCUT2D eigenvalue weighted by atomic mass is 9.99. The smallest absolute Gasteiger partial charge is 0.338 e. The van der Waals surface area contributed by atoms with Gasteiger partial charge in [-0.1, -0.05) is 46.3 Å². The monoisotopic (exact) mass is 387 g/mol. The Morgan fingerprint density at radius 3 is 2.62 bits per heavy atom. The van der Waals surface area contributed by atoms with E-state index in [0.29, 0.717) is 18.7 Å². The molecule has 4 nitrogen and oxygen atoms in total. The lowest BCUT2D eigenvalue weighted by Crippen LogP contribution is -2.42. The highest BCUT2D eigenvalue weighted by Crippen LogP contribution is 2.20. The van der Waals surface area contributed by atoms with E-state index >= 15 is 0 Å². The Hall–Kier alpha value is -2.14. The van der Waals surface area contributed by atoms with Gasteiger partial charge in [0, 0.05) is 17.6 Å². The first-order chi connectivity index (χ1) is 11.5. The van der Waals surface area contributed by atoms with Crippen molar-refractivity contribution < 1.29 is 14.3 Å². The molecule has 24 heavy (non-hydrogen) atoms. The van der Waals surface area contributed by atoms with Crippen molar-refractivity contribution in [1.82, 2.24) is 4.90 Å². The molecule has 1 aliphatic heterocycles. The third-order valence-corrected chi connectivity index (χ3v) is 4.63. The van der Waals surface area contributed by atoms with Crippen LogP contribution in [0.1, 0.15) is 28.4 Å². The van der Waals surface area contributed by atoms with Gasteiger partial charge in [0.05, 0.1) is 5.56 Å². The first kappa shape index (κ1) is 16.7. The Kier molecular flexibility index (Phi) is 5.00. The number of carbonyl (C=O) groups excluding carboxylic acids is 2. The maximum Gasteiger partial charge on any atom is 0.338 e. The molecule has 124 valence electrons. The Balaban J connectivity index is 1.64. The maximum absolute atomic E-state index is 12.6. The van der Waals surface area contributed by atoms with Crippen LogP contribution in [0.2, 0.25) is 0 Å². The number of ether oxygens (including phenoxy) is 1. The van der Waals surface area contributed by atoms with Crippen LogP contribution in [-0.4, -0.2) is 29.4 Å². The Morgan fingerprint density at radius 2 is 1.88 bits per heavy atom. The van der Waals surface area contributed by atoms with Crippen molar-refractivity contribution in [3.05, 3.63) is 69.7 Å². The number of rotatable bonds is 3. The van der Waals surface area contributed by atoms with Crippen LogP contribution in [0, 0.1) is 0 Å². The van der Waals surface area contributed by atoms with E-state index < -0.39 is 12.1 Å². The minimum Gasteiger partial charge on any atom is -0.449 e.